The zero-order valence-corrected chi connectivity index (χ0v) is 15.7. The third kappa shape index (κ3) is 7.49. The van der Waals surface area contributed by atoms with Crippen molar-refractivity contribution in [2.45, 2.75) is 51.7 Å². The molecule has 2 rings (SSSR count). The van der Waals surface area contributed by atoms with E-state index in [9.17, 15) is 0 Å². The van der Waals surface area contributed by atoms with Crippen LogP contribution in [-0.4, -0.2) is 31.7 Å². The van der Waals surface area contributed by atoms with Crippen molar-refractivity contribution in [1.82, 2.24) is 10.6 Å². The van der Waals surface area contributed by atoms with Crippen LogP contribution in [0.5, 0.6) is 0 Å². The lowest BCUT2D eigenvalue weighted by atomic mass is 10.2. The van der Waals surface area contributed by atoms with Crippen LogP contribution in [0, 0.1) is 0 Å². The van der Waals surface area contributed by atoms with E-state index in [1.165, 1.54) is 25.7 Å². The fourth-order valence-electron chi connectivity index (χ4n) is 2.51. The largest absolute Gasteiger partial charge is 0.467 e. The number of rotatable bonds is 8. The van der Waals surface area contributed by atoms with Gasteiger partial charge in [-0.3, -0.25) is 4.99 Å². The van der Waals surface area contributed by atoms with Crippen LogP contribution in [0.3, 0.4) is 0 Å². The predicted molar refractivity (Wildman–Crippen MR) is 99.8 cm³/mol. The fraction of sp³-hybridized carbons (Fsp3) is 0.688. The molecule has 0 aromatic carbocycles. The molecule has 0 saturated heterocycles. The molecule has 1 aromatic heterocycles. The van der Waals surface area contributed by atoms with Gasteiger partial charge in [0.1, 0.15) is 12.4 Å². The van der Waals surface area contributed by atoms with Gasteiger partial charge in [-0.25, -0.2) is 0 Å². The Morgan fingerprint density at radius 1 is 1.41 bits per heavy atom. The Labute approximate surface area is 150 Å². The van der Waals surface area contributed by atoms with Crippen molar-refractivity contribution in [3.8, 4) is 0 Å². The zero-order valence-electron chi connectivity index (χ0n) is 13.3. The van der Waals surface area contributed by atoms with E-state index in [-0.39, 0.29) is 24.0 Å². The maximum atomic E-state index is 5.55. The number of hydrogen-bond donors (Lipinski definition) is 2. The summed E-state index contributed by atoms with van der Waals surface area (Å²) in [4.78, 5) is 4.60. The summed E-state index contributed by atoms with van der Waals surface area (Å²) in [6.45, 7) is 5.01. The summed E-state index contributed by atoms with van der Waals surface area (Å²) in [6, 6.07) is 4.39. The molecule has 1 aliphatic carbocycles. The smallest absolute Gasteiger partial charge is 0.191 e. The van der Waals surface area contributed by atoms with Crippen LogP contribution in [0.15, 0.2) is 27.8 Å². The van der Waals surface area contributed by atoms with Crippen molar-refractivity contribution >= 4 is 29.9 Å². The fourth-order valence-corrected chi connectivity index (χ4v) is 2.51. The molecule has 126 valence electrons. The van der Waals surface area contributed by atoms with Crippen molar-refractivity contribution in [3.05, 3.63) is 24.2 Å². The second kappa shape index (κ2) is 11.8. The van der Waals surface area contributed by atoms with E-state index >= 15 is 0 Å². The van der Waals surface area contributed by atoms with Gasteiger partial charge in [-0.15, -0.1) is 24.0 Å². The number of halogens is 1. The van der Waals surface area contributed by atoms with Crippen LogP contribution < -0.4 is 10.6 Å². The molecule has 2 N–H and O–H groups in total. The molecule has 1 saturated carbocycles. The Balaban J connectivity index is 0.00000242. The maximum Gasteiger partial charge on any atom is 0.191 e. The van der Waals surface area contributed by atoms with Crippen molar-refractivity contribution in [3.63, 3.8) is 0 Å². The molecule has 5 nitrogen and oxygen atoms in total. The molecule has 1 aliphatic rings. The van der Waals surface area contributed by atoms with Crippen LogP contribution in [0.1, 0.15) is 44.8 Å². The highest BCUT2D eigenvalue weighted by Gasteiger charge is 2.15. The van der Waals surface area contributed by atoms with Gasteiger partial charge in [0.05, 0.1) is 6.26 Å². The lowest BCUT2D eigenvalue weighted by Gasteiger charge is -2.16. The summed E-state index contributed by atoms with van der Waals surface area (Å²) in [7, 11) is 0. The van der Waals surface area contributed by atoms with E-state index in [2.05, 4.69) is 22.5 Å². The second-order valence-electron chi connectivity index (χ2n) is 5.37. The van der Waals surface area contributed by atoms with Crippen LogP contribution in [0.2, 0.25) is 0 Å². The minimum Gasteiger partial charge on any atom is -0.467 e. The molecule has 0 atom stereocenters. The van der Waals surface area contributed by atoms with Gasteiger partial charge in [0.2, 0.25) is 0 Å². The molecule has 1 aromatic rings. The number of nitrogens with zero attached hydrogens (tertiary/aromatic N) is 1. The molecule has 0 spiro atoms. The van der Waals surface area contributed by atoms with Crippen molar-refractivity contribution in [2.75, 3.05) is 19.7 Å². The first kappa shape index (κ1) is 19.3. The van der Waals surface area contributed by atoms with Gasteiger partial charge < -0.3 is 19.8 Å². The summed E-state index contributed by atoms with van der Waals surface area (Å²) in [5.74, 6) is 1.81. The topological polar surface area (TPSA) is 58.8 Å². The van der Waals surface area contributed by atoms with Gasteiger partial charge in [0.15, 0.2) is 5.96 Å². The summed E-state index contributed by atoms with van der Waals surface area (Å²) in [5.41, 5.74) is 0. The van der Waals surface area contributed by atoms with Crippen LogP contribution in [0.25, 0.3) is 0 Å². The molecule has 1 fully saturated rings. The first-order chi connectivity index (χ1) is 10.4. The minimum absolute atomic E-state index is 0. The highest BCUT2D eigenvalue weighted by molar-refractivity contribution is 14.0. The molecule has 6 heteroatoms. The van der Waals surface area contributed by atoms with Crippen LogP contribution in [-0.2, 0) is 11.3 Å². The Kier molecular flexibility index (Phi) is 10.3. The highest BCUT2D eigenvalue weighted by Crippen LogP contribution is 2.17. The van der Waals surface area contributed by atoms with Gasteiger partial charge >= 0.3 is 0 Å². The number of nitrogens with one attached hydrogen (secondary N) is 2. The van der Waals surface area contributed by atoms with E-state index in [0.29, 0.717) is 19.3 Å². The lowest BCUT2D eigenvalue weighted by Crippen LogP contribution is -2.42. The Morgan fingerprint density at radius 2 is 2.23 bits per heavy atom. The molecule has 0 unspecified atom stereocenters. The SMILES string of the molecule is CCNC(=NCCCOCc1ccco1)NC1CCCC1.I. The molecule has 22 heavy (non-hydrogen) atoms. The number of furan rings is 1. The Bertz CT molecular complexity index is 404. The summed E-state index contributed by atoms with van der Waals surface area (Å²) in [6.07, 6.45) is 7.77. The third-order valence-electron chi connectivity index (χ3n) is 3.58. The van der Waals surface area contributed by atoms with Gasteiger partial charge in [0.25, 0.3) is 0 Å². The molecule has 0 amide bonds. The maximum absolute atomic E-state index is 5.55. The molecule has 0 bridgehead atoms. The van der Waals surface area contributed by atoms with Gasteiger partial charge in [-0.2, -0.15) is 0 Å². The van der Waals surface area contributed by atoms with E-state index < -0.39 is 0 Å². The van der Waals surface area contributed by atoms with Gasteiger partial charge in [0, 0.05) is 25.7 Å². The standard InChI is InChI=1S/C16H27N3O2.HI/c1-2-17-16(19-14-7-3-4-8-14)18-10-6-11-20-13-15-9-5-12-21-15;/h5,9,12,14H,2-4,6-8,10-11,13H2,1H3,(H2,17,18,19);1H. The normalized spacial score (nSPS) is 15.6. The van der Waals surface area contributed by atoms with Crippen molar-refractivity contribution in [1.29, 1.82) is 0 Å². The zero-order chi connectivity index (χ0) is 14.8. The average Bonchev–Trinajstić information content (AvgIpc) is 3.16. The van der Waals surface area contributed by atoms with Crippen LogP contribution in [0.4, 0.5) is 0 Å². The number of aliphatic imine (C=N–C) groups is 1. The molecular weight excluding hydrogens is 393 g/mol. The Morgan fingerprint density at radius 3 is 2.91 bits per heavy atom. The summed E-state index contributed by atoms with van der Waals surface area (Å²) >= 11 is 0. The van der Waals surface area contributed by atoms with Crippen LogP contribution >= 0.6 is 24.0 Å². The van der Waals surface area contributed by atoms with Gasteiger partial charge in [-0.1, -0.05) is 12.8 Å². The minimum atomic E-state index is 0. The van der Waals surface area contributed by atoms with E-state index in [1.807, 2.05) is 12.1 Å². The number of ether oxygens (including phenoxy) is 1. The summed E-state index contributed by atoms with van der Waals surface area (Å²) < 4.78 is 10.8. The van der Waals surface area contributed by atoms with Crippen molar-refractivity contribution in [2.24, 2.45) is 4.99 Å². The quantitative estimate of drug-likeness (QED) is 0.293. The highest BCUT2D eigenvalue weighted by atomic mass is 127. The number of hydrogen-bond acceptors (Lipinski definition) is 3. The molecule has 0 aliphatic heterocycles. The van der Waals surface area contributed by atoms with E-state index in [0.717, 1.165) is 31.2 Å². The van der Waals surface area contributed by atoms with Gasteiger partial charge in [-0.05, 0) is 38.3 Å². The van der Waals surface area contributed by atoms with E-state index in [1.54, 1.807) is 6.26 Å². The second-order valence-corrected chi connectivity index (χ2v) is 5.37. The summed E-state index contributed by atoms with van der Waals surface area (Å²) in [5, 5.41) is 6.82. The molecular formula is C16H28IN3O2. The lowest BCUT2D eigenvalue weighted by molar-refractivity contribution is 0.105. The number of guanidine groups is 1. The molecule has 0 radical (unpaired) electrons. The average molecular weight is 421 g/mol. The van der Waals surface area contributed by atoms with Crippen molar-refractivity contribution < 1.29 is 9.15 Å². The first-order valence-corrected chi connectivity index (χ1v) is 8.03. The van der Waals surface area contributed by atoms with E-state index in [4.69, 9.17) is 9.15 Å². The Hall–Kier alpha value is -0.760. The predicted octanol–water partition coefficient (Wildman–Crippen LogP) is 3.30. The molecule has 1 heterocycles. The first-order valence-electron chi connectivity index (χ1n) is 8.03. The monoisotopic (exact) mass is 421 g/mol. The third-order valence-corrected chi connectivity index (χ3v) is 3.58.